The Morgan fingerprint density at radius 1 is 1.17 bits per heavy atom. The minimum Gasteiger partial charge on any atom is -0.423 e. The van der Waals surface area contributed by atoms with Crippen LogP contribution in [0.4, 0.5) is 13.2 Å². The lowest BCUT2D eigenvalue weighted by atomic mass is 10.1. The van der Waals surface area contributed by atoms with Crippen LogP contribution in [0.2, 0.25) is 0 Å². The number of ether oxygens (including phenoxy) is 1. The van der Waals surface area contributed by atoms with E-state index in [0.29, 0.717) is 18.4 Å². The first kappa shape index (κ1) is 17.3. The van der Waals surface area contributed by atoms with Crippen molar-refractivity contribution in [3.63, 3.8) is 0 Å². The van der Waals surface area contributed by atoms with Crippen LogP contribution in [0.1, 0.15) is 27.9 Å². The van der Waals surface area contributed by atoms with E-state index < -0.39 is 29.0 Å². The van der Waals surface area contributed by atoms with Crippen LogP contribution in [0.5, 0.6) is 5.75 Å². The fourth-order valence-electron chi connectivity index (χ4n) is 2.04. The average Bonchev–Trinajstić information content (AvgIpc) is 2.52. The fraction of sp³-hybridized carbons (Fsp3) is 0.111. The van der Waals surface area contributed by atoms with Gasteiger partial charge in [-0.2, -0.15) is 5.26 Å². The molecule has 2 rings (SSSR count). The summed E-state index contributed by atoms with van der Waals surface area (Å²) in [6, 6.07) is 6.75. The highest BCUT2D eigenvalue weighted by molar-refractivity contribution is 5.91. The summed E-state index contributed by atoms with van der Waals surface area (Å²) in [6.07, 6.45) is 2.53. The topological polar surface area (TPSA) is 50.1 Å². The standard InChI is InChI=1S/C18H12F3NO2/c1-2-3-4-11-7-15(20)17(16(21)8-11)18(23)24-13-6-5-12(10-22)14(19)9-13/h2,5-9H,1,3-4H2. The lowest BCUT2D eigenvalue weighted by molar-refractivity contribution is 0.0724. The SMILES string of the molecule is C=CCCc1cc(F)c(C(=O)Oc2ccc(C#N)c(F)c2)c(F)c1. The molecule has 0 spiro atoms. The Hall–Kier alpha value is -3.07. The Bertz CT molecular complexity index is 818. The Balaban J connectivity index is 2.25. The molecule has 0 bridgehead atoms. The van der Waals surface area contributed by atoms with Gasteiger partial charge >= 0.3 is 5.97 Å². The number of halogens is 3. The third-order valence-electron chi connectivity index (χ3n) is 3.21. The predicted molar refractivity (Wildman–Crippen MR) is 80.9 cm³/mol. The van der Waals surface area contributed by atoms with Crippen LogP contribution in [0.15, 0.2) is 43.0 Å². The Labute approximate surface area is 136 Å². The monoisotopic (exact) mass is 331 g/mol. The number of benzene rings is 2. The Kier molecular flexibility index (Phi) is 5.38. The maximum Gasteiger partial charge on any atom is 0.349 e. The van der Waals surface area contributed by atoms with Crippen molar-refractivity contribution >= 4 is 5.97 Å². The molecule has 0 fully saturated rings. The molecular weight excluding hydrogens is 319 g/mol. The third kappa shape index (κ3) is 3.82. The van der Waals surface area contributed by atoms with Crippen LogP contribution in [0.25, 0.3) is 0 Å². The van der Waals surface area contributed by atoms with E-state index in [2.05, 4.69) is 6.58 Å². The number of hydrogen-bond acceptors (Lipinski definition) is 3. The second kappa shape index (κ2) is 7.47. The average molecular weight is 331 g/mol. The molecule has 0 aliphatic heterocycles. The highest BCUT2D eigenvalue weighted by atomic mass is 19.1. The Morgan fingerprint density at radius 3 is 2.38 bits per heavy atom. The zero-order valence-corrected chi connectivity index (χ0v) is 12.5. The minimum absolute atomic E-state index is 0.237. The normalized spacial score (nSPS) is 10.1. The molecule has 0 aliphatic carbocycles. The summed E-state index contributed by atoms with van der Waals surface area (Å²) in [7, 11) is 0. The lowest BCUT2D eigenvalue weighted by Gasteiger charge is -2.08. The van der Waals surface area contributed by atoms with Crippen LogP contribution in [-0.4, -0.2) is 5.97 Å². The van der Waals surface area contributed by atoms with E-state index >= 15 is 0 Å². The van der Waals surface area contributed by atoms with Crippen molar-refractivity contribution in [2.45, 2.75) is 12.8 Å². The number of aryl methyl sites for hydroxylation is 1. The van der Waals surface area contributed by atoms with Crippen molar-refractivity contribution < 1.29 is 22.7 Å². The third-order valence-corrected chi connectivity index (χ3v) is 3.21. The highest BCUT2D eigenvalue weighted by Crippen LogP contribution is 2.21. The van der Waals surface area contributed by atoms with Crippen LogP contribution in [-0.2, 0) is 6.42 Å². The number of nitrogens with zero attached hydrogens (tertiary/aromatic N) is 1. The molecule has 2 aromatic rings. The number of carbonyl (C=O) groups is 1. The van der Waals surface area contributed by atoms with Crippen molar-refractivity contribution in [1.82, 2.24) is 0 Å². The predicted octanol–water partition coefficient (Wildman–Crippen LogP) is 4.31. The van der Waals surface area contributed by atoms with Gasteiger partial charge in [0.2, 0.25) is 0 Å². The maximum absolute atomic E-state index is 14.0. The van der Waals surface area contributed by atoms with E-state index in [1.165, 1.54) is 0 Å². The van der Waals surface area contributed by atoms with Gasteiger partial charge < -0.3 is 4.74 Å². The molecule has 24 heavy (non-hydrogen) atoms. The number of nitriles is 1. The van der Waals surface area contributed by atoms with E-state index in [1.807, 2.05) is 0 Å². The lowest BCUT2D eigenvalue weighted by Crippen LogP contribution is -2.14. The molecule has 0 unspecified atom stereocenters. The molecule has 0 N–H and O–H groups in total. The largest absolute Gasteiger partial charge is 0.423 e. The molecule has 0 saturated heterocycles. The van der Waals surface area contributed by atoms with Gasteiger partial charge in [-0.1, -0.05) is 6.08 Å². The van der Waals surface area contributed by atoms with E-state index in [-0.39, 0.29) is 11.3 Å². The quantitative estimate of drug-likeness (QED) is 0.466. The molecule has 0 aromatic heterocycles. The van der Waals surface area contributed by atoms with Crippen molar-refractivity contribution in [3.8, 4) is 11.8 Å². The molecule has 0 aliphatic rings. The van der Waals surface area contributed by atoms with Gasteiger partial charge in [-0.05, 0) is 42.7 Å². The van der Waals surface area contributed by atoms with Crippen LogP contribution in [0, 0.1) is 28.8 Å². The van der Waals surface area contributed by atoms with Gasteiger partial charge in [-0.15, -0.1) is 6.58 Å². The molecule has 0 atom stereocenters. The molecule has 2 aromatic carbocycles. The zero-order valence-electron chi connectivity index (χ0n) is 12.5. The summed E-state index contributed by atoms with van der Waals surface area (Å²) < 4.78 is 46.3. The summed E-state index contributed by atoms with van der Waals surface area (Å²) in [5.41, 5.74) is -0.716. The summed E-state index contributed by atoms with van der Waals surface area (Å²) >= 11 is 0. The van der Waals surface area contributed by atoms with Gasteiger partial charge in [0.05, 0.1) is 5.56 Å². The molecule has 3 nitrogen and oxygen atoms in total. The highest BCUT2D eigenvalue weighted by Gasteiger charge is 2.21. The minimum atomic E-state index is -1.29. The van der Waals surface area contributed by atoms with Crippen LogP contribution < -0.4 is 4.74 Å². The molecule has 0 saturated carbocycles. The first-order chi connectivity index (χ1) is 11.5. The molecular formula is C18H12F3NO2. The van der Waals surface area contributed by atoms with E-state index in [1.54, 1.807) is 12.1 Å². The van der Waals surface area contributed by atoms with Crippen molar-refractivity contribution in [1.29, 1.82) is 5.26 Å². The van der Waals surface area contributed by atoms with E-state index in [9.17, 15) is 18.0 Å². The number of rotatable bonds is 5. The second-order valence-corrected chi connectivity index (χ2v) is 4.90. The molecule has 0 amide bonds. The summed E-state index contributed by atoms with van der Waals surface area (Å²) in [6.45, 7) is 3.52. The first-order valence-electron chi connectivity index (χ1n) is 6.97. The molecule has 6 heteroatoms. The van der Waals surface area contributed by atoms with Crippen molar-refractivity contribution in [2.75, 3.05) is 0 Å². The second-order valence-electron chi connectivity index (χ2n) is 4.90. The van der Waals surface area contributed by atoms with E-state index in [4.69, 9.17) is 10.00 Å². The van der Waals surface area contributed by atoms with Crippen LogP contribution in [0.3, 0.4) is 0 Å². The number of hydrogen-bond donors (Lipinski definition) is 0. The van der Waals surface area contributed by atoms with Gasteiger partial charge in [0.15, 0.2) is 0 Å². The number of allylic oxidation sites excluding steroid dienone is 1. The molecule has 0 radical (unpaired) electrons. The van der Waals surface area contributed by atoms with E-state index in [0.717, 1.165) is 30.3 Å². The van der Waals surface area contributed by atoms with Gasteiger partial charge in [-0.25, -0.2) is 18.0 Å². The summed E-state index contributed by atoms with van der Waals surface area (Å²) in [5, 5.41) is 8.63. The fourth-order valence-corrected chi connectivity index (χ4v) is 2.04. The first-order valence-corrected chi connectivity index (χ1v) is 6.97. The molecule has 0 heterocycles. The van der Waals surface area contributed by atoms with Crippen LogP contribution >= 0.6 is 0 Å². The molecule has 122 valence electrons. The maximum atomic E-state index is 14.0. The van der Waals surface area contributed by atoms with Gasteiger partial charge in [0, 0.05) is 6.07 Å². The number of carbonyl (C=O) groups excluding carboxylic acids is 1. The van der Waals surface area contributed by atoms with Gasteiger partial charge in [0.25, 0.3) is 0 Å². The van der Waals surface area contributed by atoms with Gasteiger partial charge in [0.1, 0.15) is 34.8 Å². The Morgan fingerprint density at radius 2 is 1.83 bits per heavy atom. The van der Waals surface area contributed by atoms with Crippen molar-refractivity contribution in [2.24, 2.45) is 0 Å². The van der Waals surface area contributed by atoms with Gasteiger partial charge in [-0.3, -0.25) is 0 Å². The summed E-state index contributed by atoms with van der Waals surface area (Å²) in [5.74, 6) is -4.57. The smallest absolute Gasteiger partial charge is 0.349 e. The number of esters is 1. The zero-order chi connectivity index (χ0) is 17.7. The van der Waals surface area contributed by atoms with Crippen molar-refractivity contribution in [3.05, 3.63) is 77.1 Å². The summed E-state index contributed by atoms with van der Waals surface area (Å²) in [4.78, 5) is 11.9.